The zero-order valence-corrected chi connectivity index (χ0v) is 11.3. The summed E-state index contributed by atoms with van der Waals surface area (Å²) in [6, 6.07) is 3.81. The van der Waals surface area contributed by atoms with Gasteiger partial charge in [-0.3, -0.25) is 0 Å². The first-order valence-corrected chi connectivity index (χ1v) is 5.81. The molecule has 0 spiro atoms. The number of methoxy groups -OCH3 is 1. The second kappa shape index (κ2) is 4.76. The Morgan fingerprint density at radius 1 is 1.26 bits per heavy atom. The first-order chi connectivity index (χ1) is 8.95. The van der Waals surface area contributed by atoms with Gasteiger partial charge in [0.15, 0.2) is 11.5 Å². The largest absolute Gasteiger partial charge is 0.496 e. The molecule has 1 heterocycles. The maximum absolute atomic E-state index is 11.0. The molecule has 0 amide bonds. The number of ether oxygens (including phenoxy) is 1. The van der Waals surface area contributed by atoms with Crippen LogP contribution < -0.4 is 4.74 Å². The van der Waals surface area contributed by atoms with Gasteiger partial charge >= 0.3 is 5.97 Å². The molecule has 5 heteroatoms. The molecule has 0 bridgehead atoms. The first-order valence-electron chi connectivity index (χ1n) is 5.81. The van der Waals surface area contributed by atoms with E-state index in [0.717, 1.165) is 22.4 Å². The number of hydrogen-bond acceptors (Lipinski definition) is 4. The Kier molecular flexibility index (Phi) is 3.29. The minimum absolute atomic E-state index is 0.0529. The van der Waals surface area contributed by atoms with Crippen molar-refractivity contribution in [3.8, 4) is 17.1 Å². The smallest absolute Gasteiger partial charge is 0.358 e. The molecule has 1 aromatic carbocycles. The summed E-state index contributed by atoms with van der Waals surface area (Å²) in [4.78, 5) is 11.0. The number of aryl methyl sites for hydroxylation is 2. The molecule has 19 heavy (non-hydrogen) atoms. The summed E-state index contributed by atoms with van der Waals surface area (Å²) in [6.07, 6.45) is 0. The fourth-order valence-electron chi connectivity index (χ4n) is 2.04. The van der Waals surface area contributed by atoms with Gasteiger partial charge in [-0.05, 0) is 44.0 Å². The van der Waals surface area contributed by atoms with Crippen molar-refractivity contribution in [2.24, 2.45) is 0 Å². The highest BCUT2D eigenvalue weighted by atomic mass is 16.5. The predicted octanol–water partition coefficient (Wildman–Crippen LogP) is 2.97. The van der Waals surface area contributed by atoms with E-state index in [2.05, 4.69) is 5.16 Å². The van der Waals surface area contributed by atoms with Gasteiger partial charge in [0.05, 0.1) is 7.11 Å². The summed E-state index contributed by atoms with van der Waals surface area (Å²) in [5.41, 5.74) is 3.20. The zero-order valence-electron chi connectivity index (χ0n) is 11.3. The maximum atomic E-state index is 11.0. The Bertz CT molecular complexity index is 643. The van der Waals surface area contributed by atoms with Crippen LogP contribution in [0.4, 0.5) is 0 Å². The SMILES string of the molecule is COc1cc(C)c(-c2onc(C(=O)O)c2C)cc1C. The Hall–Kier alpha value is -2.30. The van der Waals surface area contributed by atoms with Gasteiger partial charge < -0.3 is 14.4 Å². The van der Waals surface area contributed by atoms with E-state index in [1.54, 1.807) is 14.0 Å². The summed E-state index contributed by atoms with van der Waals surface area (Å²) in [6.45, 7) is 5.53. The van der Waals surface area contributed by atoms with Crippen molar-refractivity contribution in [3.05, 3.63) is 34.5 Å². The summed E-state index contributed by atoms with van der Waals surface area (Å²) < 4.78 is 10.4. The van der Waals surface area contributed by atoms with Crippen LogP contribution in [0, 0.1) is 20.8 Å². The van der Waals surface area contributed by atoms with Gasteiger partial charge in [-0.25, -0.2) is 4.79 Å². The number of carboxylic acids is 1. The Morgan fingerprint density at radius 2 is 1.95 bits per heavy atom. The first kappa shape index (κ1) is 13.1. The minimum Gasteiger partial charge on any atom is -0.496 e. The molecule has 0 saturated carbocycles. The van der Waals surface area contributed by atoms with E-state index in [1.165, 1.54) is 0 Å². The normalized spacial score (nSPS) is 10.5. The Balaban J connectivity index is 2.60. The highest BCUT2D eigenvalue weighted by Crippen LogP contribution is 2.32. The number of aromatic carboxylic acids is 1. The molecule has 0 aliphatic rings. The van der Waals surface area contributed by atoms with Crippen LogP contribution in [-0.4, -0.2) is 23.3 Å². The molecule has 2 aromatic rings. The fraction of sp³-hybridized carbons (Fsp3) is 0.286. The van der Waals surface area contributed by atoms with Gasteiger partial charge in [0.2, 0.25) is 0 Å². The molecule has 100 valence electrons. The molecule has 0 radical (unpaired) electrons. The van der Waals surface area contributed by atoms with Crippen molar-refractivity contribution in [2.75, 3.05) is 7.11 Å². The average Bonchev–Trinajstić information content (AvgIpc) is 2.73. The molecular formula is C14H15NO4. The molecule has 0 unspecified atom stereocenters. The van der Waals surface area contributed by atoms with E-state index >= 15 is 0 Å². The van der Waals surface area contributed by atoms with Gasteiger partial charge in [-0.2, -0.15) is 0 Å². The van der Waals surface area contributed by atoms with Crippen molar-refractivity contribution in [2.45, 2.75) is 20.8 Å². The van der Waals surface area contributed by atoms with Crippen LogP contribution in [0.3, 0.4) is 0 Å². The maximum Gasteiger partial charge on any atom is 0.358 e. The highest BCUT2D eigenvalue weighted by Gasteiger charge is 2.20. The lowest BCUT2D eigenvalue weighted by Crippen LogP contribution is -1.98. The van der Waals surface area contributed by atoms with Crippen molar-refractivity contribution in [1.29, 1.82) is 0 Å². The number of carboxylic acid groups (broad SMARTS) is 1. The standard InChI is InChI=1S/C14H15NO4/c1-7-6-11(18-4)8(2)5-10(7)13-9(3)12(14(16)17)15-19-13/h5-6H,1-4H3,(H,16,17). The van der Waals surface area contributed by atoms with Crippen LogP contribution in [0.15, 0.2) is 16.7 Å². The van der Waals surface area contributed by atoms with Crippen molar-refractivity contribution < 1.29 is 19.2 Å². The Morgan fingerprint density at radius 3 is 2.47 bits per heavy atom. The Labute approximate surface area is 110 Å². The summed E-state index contributed by atoms with van der Waals surface area (Å²) >= 11 is 0. The van der Waals surface area contributed by atoms with Gasteiger partial charge in [-0.15, -0.1) is 0 Å². The lowest BCUT2D eigenvalue weighted by molar-refractivity contribution is 0.0685. The van der Waals surface area contributed by atoms with Crippen LogP contribution in [0.5, 0.6) is 5.75 Å². The molecule has 0 fully saturated rings. The van der Waals surface area contributed by atoms with Gasteiger partial charge in [0.25, 0.3) is 0 Å². The number of rotatable bonds is 3. The molecule has 0 aliphatic heterocycles. The summed E-state index contributed by atoms with van der Waals surface area (Å²) in [7, 11) is 1.61. The summed E-state index contributed by atoms with van der Waals surface area (Å²) in [5.74, 6) is 0.188. The van der Waals surface area contributed by atoms with Crippen molar-refractivity contribution >= 4 is 5.97 Å². The van der Waals surface area contributed by atoms with Crippen LogP contribution in [0.25, 0.3) is 11.3 Å². The molecule has 1 aromatic heterocycles. The van der Waals surface area contributed by atoms with E-state index in [0.29, 0.717) is 11.3 Å². The number of benzene rings is 1. The highest BCUT2D eigenvalue weighted by molar-refractivity contribution is 5.89. The summed E-state index contributed by atoms with van der Waals surface area (Å²) in [5, 5.41) is 12.6. The van der Waals surface area contributed by atoms with Crippen LogP contribution >= 0.6 is 0 Å². The third-order valence-electron chi connectivity index (χ3n) is 3.11. The lowest BCUT2D eigenvalue weighted by atomic mass is 10.00. The molecule has 5 nitrogen and oxygen atoms in total. The molecule has 0 saturated heterocycles. The van der Waals surface area contributed by atoms with Gasteiger partial charge in [0, 0.05) is 11.1 Å². The zero-order chi connectivity index (χ0) is 14.2. The fourth-order valence-corrected chi connectivity index (χ4v) is 2.04. The van der Waals surface area contributed by atoms with E-state index in [9.17, 15) is 4.79 Å². The lowest BCUT2D eigenvalue weighted by Gasteiger charge is -2.09. The van der Waals surface area contributed by atoms with E-state index in [-0.39, 0.29) is 5.69 Å². The second-order valence-electron chi connectivity index (χ2n) is 4.43. The van der Waals surface area contributed by atoms with E-state index < -0.39 is 5.97 Å². The van der Waals surface area contributed by atoms with E-state index in [1.807, 2.05) is 26.0 Å². The average molecular weight is 261 g/mol. The number of aromatic nitrogens is 1. The van der Waals surface area contributed by atoms with Crippen molar-refractivity contribution in [1.82, 2.24) is 5.16 Å². The molecule has 0 atom stereocenters. The number of carbonyl (C=O) groups is 1. The predicted molar refractivity (Wildman–Crippen MR) is 69.7 cm³/mol. The van der Waals surface area contributed by atoms with Gasteiger partial charge in [-0.1, -0.05) is 5.16 Å². The third kappa shape index (κ3) is 2.19. The van der Waals surface area contributed by atoms with Crippen LogP contribution in [0.2, 0.25) is 0 Å². The molecule has 0 aliphatic carbocycles. The third-order valence-corrected chi connectivity index (χ3v) is 3.11. The molecule has 1 N–H and O–H groups in total. The van der Waals surface area contributed by atoms with Gasteiger partial charge in [0.1, 0.15) is 5.75 Å². The van der Waals surface area contributed by atoms with Crippen LogP contribution in [0.1, 0.15) is 27.2 Å². The minimum atomic E-state index is -1.09. The monoisotopic (exact) mass is 261 g/mol. The van der Waals surface area contributed by atoms with Crippen LogP contribution in [-0.2, 0) is 0 Å². The second-order valence-corrected chi connectivity index (χ2v) is 4.43. The molecular weight excluding hydrogens is 246 g/mol. The quantitative estimate of drug-likeness (QED) is 0.919. The van der Waals surface area contributed by atoms with E-state index in [4.69, 9.17) is 14.4 Å². The molecule has 2 rings (SSSR count). The number of nitrogens with zero attached hydrogens (tertiary/aromatic N) is 1. The topological polar surface area (TPSA) is 72.6 Å². The number of hydrogen-bond donors (Lipinski definition) is 1. The van der Waals surface area contributed by atoms with Crippen molar-refractivity contribution in [3.63, 3.8) is 0 Å².